The molecule has 0 aliphatic carbocycles. The molecule has 1 rings (SSSR count). The Hall–Kier alpha value is -2.57. The Balaban J connectivity index is 3.44. The van der Waals surface area contributed by atoms with Crippen molar-refractivity contribution in [2.75, 3.05) is 13.1 Å². The maximum Gasteiger partial charge on any atom is 0.408 e. The van der Waals surface area contributed by atoms with Gasteiger partial charge in [-0.15, -0.1) is 0 Å². The van der Waals surface area contributed by atoms with Crippen molar-refractivity contribution < 1.29 is 19.1 Å². The van der Waals surface area contributed by atoms with E-state index in [-0.39, 0.29) is 17.7 Å². The molecular weight excluding hydrogens is 490 g/mol. The third-order valence-electron chi connectivity index (χ3n) is 6.93. The van der Waals surface area contributed by atoms with Crippen LogP contribution in [0.15, 0.2) is 24.3 Å². The van der Waals surface area contributed by atoms with Crippen LogP contribution in [0.25, 0.3) is 0 Å². The zero-order valence-electron chi connectivity index (χ0n) is 25.9. The van der Waals surface area contributed by atoms with Crippen molar-refractivity contribution in [3.8, 4) is 0 Å². The summed E-state index contributed by atoms with van der Waals surface area (Å²) in [5.74, 6) is -0.571. The number of ether oxygens (including phenoxy) is 1. The molecule has 0 spiro atoms. The number of nitrogens with zero attached hydrogens (tertiary/aromatic N) is 1. The first-order chi connectivity index (χ1) is 18.4. The lowest BCUT2D eigenvalue weighted by molar-refractivity contribution is -0.143. The number of carbonyl (C=O) groups excluding carboxylic acids is 3. The summed E-state index contributed by atoms with van der Waals surface area (Å²) in [4.78, 5) is 42.6. The highest BCUT2D eigenvalue weighted by molar-refractivity contribution is 5.92. The summed E-state index contributed by atoms with van der Waals surface area (Å²) in [6, 6.07) is 6.23. The van der Waals surface area contributed by atoms with Gasteiger partial charge in [-0.05, 0) is 52.0 Å². The van der Waals surface area contributed by atoms with Gasteiger partial charge in [0.2, 0.25) is 11.8 Å². The molecule has 3 amide bonds. The van der Waals surface area contributed by atoms with Crippen LogP contribution in [0, 0.1) is 12.8 Å². The van der Waals surface area contributed by atoms with E-state index in [1.165, 1.54) is 0 Å². The summed E-state index contributed by atoms with van der Waals surface area (Å²) in [6.45, 7) is 16.6. The number of carbonyl (C=O) groups is 3. The zero-order valence-corrected chi connectivity index (χ0v) is 25.9. The minimum absolute atomic E-state index is 0.140. The third-order valence-corrected chi connectivity index (χ3v) is 6.93. The zero-order chi connectivity index (χ0) is 29.4. The Labute approximate surface area is 237 Å². The van der Waals surface area contributed by atoms with Crippen LogP contribution in [0.5, 0.6) is 0 Å². The van der Waals surface area contributed by atoms with Crippen molar-refractivity contribution >= 4 is 17.9 Å². The Morgan fingerprint density at radius 1 is 0.949 bits per heavy atom. The van der Waals surface area contributed by atoms with Gasteiger partial charge in [-0.25, -0.2) is 4.79 Å². The Morgan fingerprint density at radius 2 is 1.59 bits per heavy atom. The third kappa shape index (κ3) is 12.9. The molecule has 3 unspecified atom stereocenters. The van der Waals surface area contributed by atoms with E-state index in [4.69, 9.17) is 4.74 Å². The lowest BCUT2D eigenvalue weighted by Crippen LogP contribution is -2.55. The molecule has 0 radical (unpaired) electrons. The summed E-state index contributed by atoms with van der Waals surface area (Å²) in [5, 5.41) is 5.94. The minimum Gasteiger partial charge on any atom is -0.444 e. The van der Waals surface area contributed by atoms with E-state index in [1.807, 2.05) is 45.0 Å². The quantitative estimate of drug-likeness (QED) is 0.205. The Kier molecular flexibility index (Phi) is 15.8. The number of hydrogen-bond acceptors (Lipinski definition) is 4. The predicted molar refractivity (Wildman–Crippen MR) is 160 cm³/mol. The summed E-state index contributed by atoms with van der Waals surface area (Å²) in [5.41, 5.74) is 1.12. The second-order valence-corrected chi connectivity index (χ2v) is 11.8. The Morgan fingerprint density at radius 3 is 2.18 bits per heavy atom. The van der Waals surface area contributed by atoms with Gasteiger partial charge in [0.1, 0.15) is 17.7 Å². The molecule has 0 saturated carbocycles. The number of benzene rings is 1. The summed E-state index contributed by atoms with van der Waals surface area (Å²) in [7, 11) is 0. The molecule has 0 heterocycles. The fourth-order valence-electron chi connectivity index (χ4n) is 4.54. The van der Waals surface area contributed by atoms with E-state index in [1.54, 1.807) is 25.7 Å². The number of hydrogen-bond donors (Lipinski definition) is 2. The molecule has 1 aromatic rings. The largest absolute Gasteiger partial charge is 0.444 e. The average molecular weight is 546 g/mol. The lowest BCUT2D eigenvalue weighted by Gasteiger charge is -2.36. The van der Waals surface area contributed by atoms with Gasteiger partial charge >= 0.3 is 6.09 Å². The maximum atomic E-state index is 14.3. The second kappa shape index (κ2) is 17.9. The van der Waals surface area contributed by atoms with E-state index in [2.05, 4.69) is 24.5 Å². The van der Waals surface area contributed by atoms with E-state index in [9.17, 15) is 14.4 Å². The molecule has 3 atom stereocenters. The van der Waals surface area contributed by atoms with Crippen LogP contribution in [0.1, 0.15) is 123 Å². The highest BCUT2D eigenvalue weighted by atomic mass is 16.6. The van der Waals surface area contributed by atoms with Crippen molar-refractivity contribution in [3.63, 3.8) is 0 Å². The second-order valence-electron chi connectivity index (χ2n) is 11.8. The molecule has 2 N–H and O–H groups in total. The van der Waals surface area contributed by atoms with E-state index >= 15 is 0 Å². The van der Waals surface area contributed by atoms with E-state index in [0.717, 1.165) is 62.5 Å². The highest BCUT2D eigenvalue weighted by Crippen LogP contribution is 2.26. The Bertz CT molecular complexity index is 880. The predicted octanol–water partition coefficient (Wildman–Crippen LogP) is 7.08. The topological polar surface area (TPSA) is 87.7 Å². The first kappa shape index (κ1) is 34.5. The van der Waals surface area contributed by atoms with Gasteiger partial charge in [-0.2, -0.15) is 0 Å². The van der Waals surface area contributed by atoms with Crippen molar-refractivity contribution in [2.45, 2.75) is 131 Å². The summed E-state index contributed by atoms with van der Waals surface area (Å²) >= 11 is 0. The number of amides is 3. The van der Waals surface area contributed by atoms with Crippen LogP contribution in [0.4, 0.5) is 4.79 Å². The fraction of sp³-hybridized carbons (Fsp3) is 0.719. The lowest BCUT2D eigenvalue weighted by atomic mass is 9.95. The van der Waals surface area contributed by atoms with Gasteiger partial charge in [-0.1, -0.05) is 102 Å². The van der Waals surface area contributed by atoms with Crippen LogP contribution in [-0.4, -0.2) is 47.5 Å². The number of rotatable bonds is 17. The molecular formula is C32H55N3O4. The molecule has 7 nitrogen and oxygen atoms in total. The standard InChI is InChI=1S/C32H55N3O4/c1-9-12-14-15-17-22-35(30(37)27(25(5)11-3)34-31(38)39-32(6,7)8)28(26-20-18-19-24(4)23-26)29(36)33-21-16-13-10-2/h18-20,23,25,27-28H,9-17,21-22H2,1-8H3,(H,33,36)(H,34,38). The molecule has 0 aliphatic heterocycles. The first-order valence-electron chi connectivity index (χ1n) is 15.1. The maximum absolute atomic E-state index is 14.3. The van der Waals surface area contributed by atoms with Crippen molar-refractivity contribution in [3.05, 3.63) is 35.4 Å². The molecule has 39 heavy (non-hydrogen) atoms. The van der Waals surface area contributed by atoms with Crippen LogP contribution in [0.2, 0.25) is 0 Å². The van der Waals surface area contributed by atoms with Gasteiger partial charge in [0, 0.05) is 13.1 Å². The van der Waals surface area contributed by atoms with Crippen LogP contribution in [-0.2, 0) is 14.3 Å². The molecule has 0 aliphatic rings. The molecule has 0 bridgehead atoms. The smallest absolute Gasteiger partial charge is 0.408 e. The van der Waals surface area contributed by atoms with E-state index in [0.29, 0.717) is 19.5 Å². The van der Waals surface area contributed by atoms with Gasteiger partial charge in [-0.3, -0.25) is 9.59 Å². The first-order valence-corrected chi connectivity index (χ1v) is 15.1. The molecule has 222 valence electrons. The number of nitrogens with one attached hydrogen (secondary N) is 2. The molecule has 0 aromatic heterocycles. The normalized spacial score (nSPS) is 13.7. The van der Waals surface area contributed by atoms with Crippen LogP contribution in [0.3, 0.4) is 0 Å². The average Bonchev–Trinajstić information content (AvgIpc) is 2.87. The highest BCUT2D eigenvalue weighted by Gasteiger charge is 2.37. The monoisotopic (exact) mass is 545 g/mol. The van der Waals surface area contributed by atoms with Crippen molar-refractivity contribution in [1.82, 2.24) is 15.5 Å². The minimum atomic E-state index is -0.805. The van der Waals surface area contributed by atoms with Crippen LogP contribution >= 0.6 is 0 Å². The van der Waals surface area contributed by atoms with Gasteiger partial charge < -0.3 is 20.3 Å². The van der Waals surface area contributed by atoms with Crippen molar-refractivity contribution in [1.29, 1.82) is 0 Å². The molecule has 1 aromatic carbocycles. The molecule has 0 saturated heterocycles. The number of aryl methyl sites for hydroxylation is 1. The van der Waals surface area contributed by atoms with Crippen molar-refractivity contribution in [2.24, 2.45) is 5.92 Å². The number of unbranched alkanes of at least 4 members (excludes halogenated alkanes) is 6. The fourth-order valence-corrected chi connectivity index (χ4v) is 4.54. The van der Waals surface area contributed by atoms with Crippen LogP contribution < -0.4 is 10.6 Å². The van der Waals surface area contributed by atoms with Gasteiger partial charge in [0.15, 0.2) is 0 Å². The molecule has 0 fully saturated rings. The summed E-state index contributed by atoms with van der Waals surface area (Å²) < 4.78 is 5.50. The molecule has 7 heteroatoms. The SMILES string of the molecule is CCCCCCCN(C(=O)C(NC(=O)OC(C)(C)C)C(C)CC)C(C(=O)NCCCCC)c1cccc(C)c1. The van der Waals surface area contributed by atoms with Gasteiger partial charge in [0.25, 0.3) is 0 Å². The van der Waals surface area contributed by atoms with Gasteiger partial charge in [0.05, 0.1) is 0 Å². The number of alkyl carbamates (subject to hydrolysis) is 1. The summed E-state index contributed by atoms with van der Waals surface area (Å²) in [6.07, 6.45) is 8.17. The van der Waals surface area contributed by atoms with E-state index < -0.39 is 23.8 Å².